The summed E-state index contributed by atoms with van der Waals surface area (Å²) in [6, 6.07) is 0.851. The van der Waals surface area contributed by atoms with Crippen LogP contribution in [0.5, 0.6) is 0 Å². The maximum Gasteiger partial charge on any atom is 0.249 e. The predicted octanol–water partition coefficient (Wildman–Crippen LogP) is 0.937. The normalized spacial score (nSPS) is 32.3. The largest absolute Gasteiger partial charge is 0.364 e. The second kappa shape index (κ2) is 8.53. The van der Waals surface area contributed by atoms with Gasteiger partial charge < -0.3 is 20.7 Å². The fourth-order valence-corrected chi connectivity index (χ4v) is 3.23. The molecule has 2 aliphatic heterocycles. The second-order valence-corrected chi connectivity index (χ2v) is 6.19. The van der Waals surface area contributed by atoms with Crippen molar-refractivity contribution in [1.29, 1.82) is 0 Å². The van der Waals surface area contributed by atoms with Gasteiger partial charge in [0.2, 0.25) is 5.91 Å². The molecule has 3 rings (SSSR count). The quantitative estimate of drug-likeness (QED) is 0.782. The van der Waals surface area contributed by atoms with E-state index in [-0.39, 0.29) is 42.9 Å². The molecule has 1 saturated carbocycles. The molecular formula is C14H27Cl2N3O2. The number of carbonyl (C=O) groups is 1. The van der Waals surface area contributed by atoms with Crippen LogP contribution in [0.1, 0.15) is 32.1 Å². The van der Waals surface area contributed by atoms with E-state index < -0.39 is 0 Å². The maximum atomic E-state index is 12.0. The summed E-state index contributed by atoms with van der Waals surface area (Å²) in [7, 11) is 0. The van der Waals surface area contributed by atoms with Gasteiger partial charge in [-0.1, -0.05) is 0 Å². The van der Waals surface area contributed by atoms with Crippen molar-refractivity contribution in [3.05, 3.63) is 0 Å². The zero-order chi connectivity index (χ0) is 13.2. The predicted molar refractivity (Wildman–Crippen MR) is 87.2 cm³/mol. The first-order valence-corrected chi connectivity index (χ1v) is 7.63. The van der Waals surface area contributed by atoms with Crippen molar-refractivity contribution in [3.8, 4) is 0 Å². The Labute approximate surface area is 139 Å². The van der Waals surface area contributed by atoms with Crippen LogP contribution in [0.15, 0.2) is 0 Å². The van der Waals surface area contributed by atoms with Crippen molar-refractivity contribution in [2.75, 3.05) is 26.2 Å². The van der Waals surface area contributed by atoms with Crippen LogP contribution in [0, 0.1) is 5.92 Å². The molecule has 0 aromatic rings. The number of nitrogens with zero attached hydrogens (tertiary/aromatic N) is 1. The summed E-state index contributed by atoms with van der Waals surface area (Å²) in [5, 5.41) is 3.06. The molecule has 2 saturated heterocycles. The van der Waals surface area contributed by atoms with Crippen LogP contribution >= 0.6 is 24.8 Å². The van der Waals surface area contributed by atoms with Gasteiger partial charge in [0.15, 0.2) is 0 Å². The van der Waals surface area contributed by atoms with E-state index in [4.69, 9.17) is 10.5 Å². The van der Waals surface area contributed by atoms with Crippen LogP contribution in [0.2, 0.25) is 0 Å². The highest BCUT2D eigenvalue weighted by molar-refractivity contribution is 5.85. The van der Waals surface area contributed by atoms with E-state index in [1.165, 1.54) is 25.8 Å². The molecule has 124 valence electrons. The molecule has 0 bridgehead atoms. The highest BCUT2D eigenvalue weighted by Crippen LogP contribution is 2.31. The Morgan fingerprint density at radius 3 is 2.57 bits per heavy atom. The second-order valence-electron chi connectivity index (χ2n) is 6.19. The van der Waals surface area contributed by atoms with E-state index in [2.05, 4.69) is 10.2 Å². The SMILES string of the molecule is Cl.Cl.NC[C@H]1CC[C@@H](C(=O)NCC2CCN(C3CC3)C2)O1. The first-order valence-electron chi connectivity index (χ1n) is 7.63. The Kier molecular flexibility index (Phi) is 7.71. The number of halogens is 2. The number of carbonyl (C=O) groups excluding carboxylic acids is 1. The highest BCUT2D eigenvalue weighted by atomic mass is 35.5. The maximum absolute atomic E-state index is 12.0. The molecular weight excluding hydrogens is 313 g/mol. The minimum Gasteiger partial charge on any atom is -0.364 e. The Morgan fingerprint density at radius 2 is 1.95 bits per heavy atom. The number of nitrogens with one attached hydrogen (secondary N) is 1. The van der Waals surface area contributed by atoms with Crippen LogP contribution in [-0.4, -0.2) is 55.2 Å². The van der Waals surface area contributed by atoms with E-state index >= 15 is 0 Å². The third-order valence-corrected chi connectivity index (χ3v) is 4.61. The van der Waals surface area contributed by atoms with Crippen molar-refractivity contribution in [2.24, 2.45) is 11.7 Å². The van der Waals surface area contributed by atoms with Gasteiger partial charge in [0.05, 0.1) is 6.10 Å². The van der Waals surface area contributed by atoms with Crippen molar-refractivity contribution >= 4 is 30.7 Å². The van der Waals surface area contributed by atoms with Gasteiger partial charge in [-0.3, -0.25) is 4.79 Å². The fraction of sp³-hybridized carbons (Fsp3) is 0.929. The summed E-state index contributed by atoms with van der Waals surface area (Å²) in [6.07, 6.45) is 5.49. The van der Waals surface area contributed by atoms with Crippen LogP contribution in [0.3, 0.4) is 0 Å². The molecule has 3 atom stereocenters. The standard InChI is InChI=1S/C14H25N3O2.2ClH/c15-7-12-3-4-13(19-12)14(18)16-8-10-5-6-17(9-10)11-1-2-11;;/h10-13H,1-9,15H2,(H,16,18);2*1H/t10?,12-,13+;;/m1../s1. The summed E-state index contributed by atoms with van der Waals surface area (Å²) in [5.74, 6) is 0.678. The first-order chi connectivity index (χ1) is 9.26. The van der Waals surface area contributed by atoms with E-state index in [1.807, 2.05) is 0 Å². The summed E-state index contributed by atoms with van der Waals surface area (Å²) in [5.41, 5.74) is 5.56. The van der Waals surface area contributed by atoms with Crippen molar-refractivity contribution in [2.45, 2.75) is 50.4 Å². The van der Waals surface area contributed by atoms with Crippen molar-refractivity contribution in [3.63, 3.8) is 0 Å². The number of ether oxygens (including phenoxy) is 1. The molecule has 1 aliphatic carbocycles. The molecule has 0 aromatic heterocycles. The third kappa shape index (κ3) is 4.96. The van der Waals surface area contributed by atoms with Gasteiger partial charge in [-0.05, 0) is 44.6 Å². The molecule has 0 aromatic carbocycles. The topological polar surface area (TPSA) is 67.6 Å². The minimum absolute atomic E-state index is 0. The van der Waals surface area contributed by atoms with Gasteiger partial charge in [-0.2, -0.15) is 0 Å². The lowest BCUT2D eigenvalue weighted by Crippen LogP contribution is -2.38. The Balaban J connectivity index is 0.00000110. The summed E-state index contributed by atoms with van der Waals surface area (Å²) in [4.78, 5) is 14.6. The molecule has 1 unspecified atom stereocenters. The molecule has 3 N–H and O–H groups in total. The monoisotopic (exact) mass is 339 g/mol. The van der Waals surface area contributed by atoms with Gasteiger partial charge in [0.1, 0.15) is 6.10 Å². The van der Waals surface area contributed by atoms with Gasteiger partial charge >= 0.3 is 0 Å². The smallest absolute Gasteiger partial charge is 0.249 e. The molecule has 3 fully saturated rings. The van der Waals surface area contributed by atoms with E-state index in [0.29, 0.717) is 12.5 Å². The Bertz CT molecular complexity index is 342. The Hall–Kier alpha value is -0.0700. The van der Waals surface area contributed by atoms with E-state index in [9.17, 15) is 4.79 Å². The zero-order valence-corrected chi connectivity index (χ0v) is 14.0. The summed E-state index contributed by atoms with van der Waals surface area (Å²) >= 11 is 0. The van der Waals surface area contributed by atoms with Crippen molar-refractivity contribution in [1.82, 2.24) is 10.2 Å². The lowest BCUT2D eigenvalue weighted by molar-refractivity contribution is -0.132. The highest BCUT2D eigenvalue weighted by Gasteiger charge is 2.35. The summed E-state index contributed by atoms with van der Waals surface area (Å²) < 4.78 is 5.61. The molecule has 2 heterocycles. The number of amides is 1. The van der Waals surface area contributed by atoms with Crippen LogP contribution in [0.25, 0.3) is 0 Å². The van der Waals surface area contributed by atoms with Crippen LogP contribution in [0.4, 0.5) is 0 Å². The number of likely N-dealkylation sites (tertiary alicyclic amines) is 1. The number of rotatable bonds is 5. The van der Waals surface area contributed by atoms with Gasteiger partial charge in [0.25, 0.3) is 0 Å². The molecule has 0 spiro atoms. The number of nitrogens with two attached hydrogens (primary N) is 1. The average molecular weight is 340 g/mol. The zero-order valence-electron chi connectivity index (χ0n) is 12.3. The molecule has 21 heavy (non-hydrogen) atoms. The third-order valence-electron chi connectivity index (χ3n) is 4.61. The van der Waals surface area contributed by atoms with E-state index in [1.54, 1.807) is 0 Å². The average Bonchev–Trinajstić information content (AvgIpc) is 2.99. The van der Waals surface area contributed by atoms with Crippen LogP contribution in [-0.2, 0) is 9.53 Å². The molecule has 5 nitrogen and oxygen atoms in total. The summed E-state index contributed by atoms with van der Waals surface area (Å²) in [6.45, 7) is 3.68. The Morgan fingerprint density at radius 1 is 1.19 bits per heavy atom. The fourth-order valence-electron chi connectivity index (χ4n) is 3.23. The number of hydrogen-bond donors (Lipinski definition) is 2. The van der Waals surface area contributed by atoms with Crippen LogP contribution < -0.4 is 11.1 Å². The van der Waals surface area contributed by atoms with E-state index in [0.717, 1.165) is 32.0 Å². The lowest BCUT2D eigenvalue weighted by Gasteiger charge is -2.17. The van der Waals surface area contributed by atoms with Crippen molar-refractivity contribution < 1.29 is 9.53 Å². The molecule has 1 amide bonds. The first kappa shape index (κ1) is 19.0. The molecule has 3 aliphatic rings. The molecule has 7 heteroatoms. The van der Waals surface area contributed by atoms with Gasteiger partial charge in [-0.15, -0.1) is 24.8 Å². The molecule has 0 radical (unpaired) electrons. The van der Waals surface area contributed by atoms with Gasteiger partial charge in [-0.25, -0.2) is 0 Å². The minimum atomic E-state index is -0.269. The lowest BCUT2D eigenvalue weighted by atomic mass is 10.1. The number of hydrogen-bond acceptors (Lipinski definition) is 4. The van der Waals surface area contributed by atoms with Gasteiger partial charge in [0, 0.05) is 25.7 Å².